The third-order valence-electron chi connectivity index (χ3n) is 3.94. The lowest BCUT2D eigenvalue weighted by atomic mass is 10.1. The number of methoxy groups -OCH3 is 1. The minimum Gasteiger partial charge on any atom is -0.497 e. The maximum Gasteiger partial charge on any atom is 0.410 e. The first-order valence-electron chi connectivity index (χ1n) is 8.89. The van der Waals surface area contributed by atoms with Gasteiger partial charge in [-0.3, -0.25) is 4.99 Å². The van der Waals surface area contributed by atoms with Gasteiger partial charge in [0.1, 0.15) is 11.4 Å². The molecule has 0 aliphatic carbocycles. The van der Waals surface area contributed by atoms with Crippen LogP contribution in [0, 0.1) is 0 Å². The molecule has 0 saturated carbocycles. The largest absolute Gasteiger partial charge is 0.497 e. The van der Waals surface area contributed by atoms with Crippen LogP contribution >= 0.6 is 0 Å². The van der Waals surface area contributed by atoms with Crippen LogP contribution in [-0.2, 0) is 11.2 Å². The topological polar surface area (TPSA) is 75.2 Å². The standard InChI is InChI=1S/C19H30N4O3/c1-19(2,3)26-18(24)23-12-15(13-23)22-17(20-4)21-10-9-14-7-6-8-16(11-14)25-5/h6-8,11,15H,9-10,12-13H2,1-5H3,(H2,20,21,22). The Morgan fingerprint density at radius 3 is 2.69 bits per heavy atom. The lowest BCUT2D eigenvalue weighted by Gasteiger charge is -2.40. The summed E-state index contributed by atoms with van der Waals surface area (Å²) >= 11 is 0. The van der Waals surface area contributed by atoms with Gasteiger partial charge in [-0.2, -0.15) is 0 Å². The Kier molecular flexibility index (Phi) is 6.71. The summed E-state index contributed by atoms with van der Waals surface area (Å²) in [6.45, 7) is 7.60. The van der Waals surface area contributed by atoms with Crippen molar-refractivity contribution in [1.82, 2.24) is 15.5 Å². The molecule has 1 aliphatic rings. The van der Waals surface area contributed by atoms with Crippen LogP contribution in [0.4, 0.5) is 4.79 Å². The van der Waals surface area contributed by atoms with E-state index in [-0.39, 0.29) is 12.1 Å². The van der Waals surface area contributed by atoms with Crippen LogP contribution in [0.5, 0.6) is 5.75 Å². The van der Waals surface area contributed by atoms with Gasteiger partial charge in [0, 0.05) is 26.7 Å². The molecule has 7 heteroatoms. The van der Waals surface area contributed by atoms with Crippen molar-refractivity contribution in [1.29, 1.82) is 0 Å². The highest BCUT2D eigenvalue weighted by Gasteiger charge is 2.34. The van der Waals surface area contributed by atoms with Gasteiger partial charge in [0.05, 0.1) is 13.2 Å². The fourth-order valence-corrected chi connectivity index (χ4v) is 2.59. The number of carbonyl (C=O) groups excluding carboxylic acids is 1. The summed E-state index contributed by atoms with van der Waals surface area (Å²) in [5, 5.41) is 6.62. The monoisotopic (exact) mass is 362 g/mol. The van der Waals surface area contributed by atoms with Gasteiger partial charge >= 0.3 is 6.09 Å². The first-order valence-corrected chi connectivity index (χ1v) is 8.89. The van der Waals surface area contributed by atoms with Crippen LogP contribution < -0.4 is 15.4 Å². The second-order valence-electron chi connectivity index (χ2n) is 7.33. The molecule has 1 aliphatic heterocycles. The summed E-state index contributed by atoms with van der Waals surface area (Å²) in [6, 6.07) is 8.21. The van der Waals surface area contributed by atoms with Gasteiger partial charge < -0.3 is 25.0 Å². The van der Waals surface area contributed by atoms with Crippen molar-refractivity contribution in [3.05, 3.63) is 29.8 Å². The van der Waals surface area contributed by atoms with E-state index >= 15 is 0 Å². The van der Waals surface area contributed by atoms with E-state index in [0.29, 0.717) is 13.1 Å². The number of nitrogens with zero attached hydrogens (tertiary/aromatic N) is 2. The normalized spacial score (nSPS) is 15.3. The maximum atomic E-state index is 11.9. The first kappa shape index (κ1) is 19.9. The predicted octanol–water partition coefficient (Wildman–Crippen LogP) is 2.02. The second kappa shape index (κ2) is 8.78. The zero-order valence-corrected chi connectivity index (χ0v) is 16.3. The quantitative estimate of drug-likeness (QED) is 0.619. The number of amides is 1. The Hall–Kier alpha value is -2.44. The van der Waals surface area contributed by atoms with Gasteiger partial charge in [0.2, 0.25) is 0 Å². The number of likely N-dealkylation sites (tertiary alicyclic amines) is 1. The SMILES string of the molecule is CN=C(NCCc1cccc(OC)c1)NC1CN(C(=O)OC(C)(C)C)C1. The Morgan fingerprint density at radius 2 is 2.08 bits per heavy atom. The fourth-order valence-electron chi connectivity index (χ4n) is 2.59. The molecule has 1 fully saturated rings. The molecule has 0 spiro atoms. The van der Waals surface area contributed by atoms with Crippen molar-refractivity contribution in [2.75, 3.05) is 33.8 Å². The highest BCUT2D eigenvalue weighted by Crippen LogP contribution is 2.15. The average molecular weight is 362 g/mol. The Bertz CT molecular complexity index is 634. The molecule has 0 radical (unpaired) electrons. The number of hydrogen-bond donors (Lipinski definition) is 2. The van der Waals surface area contributed by atoms with E-state index < -0.39 is 5.60 Å². The molecule has 2 rings (SSSR count). The van der Waals surface area contributed by atoms with Gasteiger partial charge in [0.15, 0.2) is 5.96 Å². The van der Waals surface area contributed by atoms with Gasteiger partial charge in [-0.25, -0.2) is 4.79 Å². The molecule has 0 aromatic heterocycles. The molecular weight excluding hydrogens is 332 g/mol. The van der Waals surface area contributed by atoms with Crippen molar-refractivity contribution in [3.8, 4) is 5.75 Å². The zero-order chi connectivity index (χ0) is 19.2. The van der Waals surface area contributed by atoms with E-state index in [2.05, 4.69) is 21.7 Å². The number of aliphatic imine (C=N–C) groups is 1. The molecule has 1 saturated heterocycles. The number of hydrogen-bond acceptors (Lipinski definition) is 4. The lowest BCUT2D eigenvalue weighted by Crippen LogP contribution is -2.63. The van der Waals surface area contributed by atoms with Crippen LogP contribution in [0.15, 0.2) is 29.3 Å². The molecule has 7 nitrogen and oxygen atoms in total. The summed E-state index contributed by atoms with van der Waals surface area (Å²) in [4.78, 5) is 17.9. The Morgan fingerprint density at radius 1 is 1.35 bits per heavy atom. The average Bonchev–Trinajstić information content (AvgIpc) is 2.54. The van der Waals surface area contributed by atoms with E-state index in [9.17, 15) is 4.79 Å². The molecule has 0 atom stereocenters. The second-order valence-corrected chi connectivity index (χ2v) is 7.33. The van der Waals surface area contributed by atoms with Crippen LogP contribution in [0.1, 0.15) is 26.3 Å². The minimum absolute atomic E-state index is 0.186. The number of benzene rings is 1. The van der Waals surface area contributed by atoms with Crippen LogP contribution in [0.2, 0.25) is 0 Å². The Balaban J connectivity index is 1.70. The third-order valence-corrected chi connectivity index (χ3v) is 3.94. The van der Waals surface area contributed by atoms with Crippen molar-refractivity contribution >= 4 is 12.1 Å². The molecule has 1 aromatic carbocycles. The van der Waals surface area contributed by atoms with Crippen LogP contribution in [0.25, 0.3) is 0 Å². The molecule has 0 bridgehead atoms. The lowest BCUT2D eigenvalue weighted by molar-refractivity contribution is 0.00701. The third kappa shape index (κ3) is 6.13. The highest BCUT2D eigenvalue weighted by atomic mass is 16.6. The predicted molar refractivity (Wildman–Crippen MR) is 103 cm³/mol. The molecule has 1 amide bonds. The van der Waals surface area contributed by atoms with E-state index in [1.807, 2.05) is 39.0 Å². The summed E-state index contributed by atoms with van der Waals surface area (Å²) in [5.41, 5.74) is 0.736. The van der Waals surface area contributed by atoms with E-state index in [0.717, 1.165) is 24.7 Å². The van der Waals surface area contributed by atoms with Crippen LogP contribution in [0.3, 0.4) is 0 Å². The molecule has 144 valence electrons. The fraction of sp³-hybridized carbons (Fsp3) is 0.579. The van der Waals surface area contributed by atoms with Crippen molar-refractivity contribution in [2.24, 2.45) is 4.99 Å². The molecule has 0 unspecified atom stereocenters. The zero-order valence-electron chi connectivity index (χ0n) is 16.3. The van der Waals surface area contributed by atoms with E-state index in [1.165, 1.54) is 5.56 Å². The summed E-state index contributed by atoms with van der Waals surface area (Å²) in [5.74, 6) is 1.60. The van der Waals surface area contributed by atoms with Crippen molar-refractivity contribution in [2.45, 2.75) is 38.8 Å². The van der Waals surface area contributed by atoms with Crippen molar-refractivity contribution < 1.29 is 14.3 Å². The Labute approximate surface area is 155 Å². The molecule has 1 aromatic rings. The molecule has 2 N–H and O–H groups in total. The van der Waals surface area contributed by atoms with Gasteiger partial charge in [0.25, 0.3) is 0 Å². The minimum atomic E-state index is -0.465. The first-order chi connectivity index (χ1) is 12.3. The van der Waals surface area contributed by atoms with Gasteiger partial charge in [-0.1, -0.05) is 12.1 Å². The van der Waals surface area contributed by atoms with E-state index in [4.69, 9.17) is 9.47 Å². The summed E-state index contributed by atoms with van der Waals surface area (Å²) in [7, 11) is 3.41. The smallest absolute Gasteiger partial charge is 0.410 e. The number of ether oxygens (including phenoxy) is 2. The number of nitrogens with one attached hydrogen (secondary N) is 2. The number of rotatable bonds is 5. The number of guanidine groups is 1. The van der Waals surface area contributed by atoms with Gasteiger partial charge in [-0.15, -0.1) is 0 Å². The maximum absolute atomic E-state index is 11.9. The summed E-state index contributed by atoms with van der Waals surface area (Å²) in [6.07, 6.45) is 0.601. The molecular formula is C19H30N4O3. The highest BCUT2D eigenvalue weighted by molar-refractivity contribution is 5.80. The van der Waals surface area contributed by atoms with Gasteiger partial charge in [-0.05, 0) is 44.9 Å². The number of carbonyl (C=O) groups is 1. The molecule has 26 heavy (non-hydrogen) atoms. The molecule has 1 heterocycles. The van der Waals surface area contributed by atoms with E-state index in [1.54, 1.807) is 19.1 Å². The van der Waals surface area contributed by atoms with Crippen molar-refractivity contribution in [3.63, 3.8) is 0 Å². The summed E-state index contributed by atoms with van der Waals surface area (Å²) < 4.78 is 10.6. The van der Waals surface area contributed by atoms with Crippen LogP contribution in [-0.4, -0.2) is 62.4 Å².